The zero-order valence-electron chi connectivity index (χ0n) is 6.40. The quantitative estimate of drug-likeness (QED) is 0.552. The lowest BCUT2D eigenvalue weighted by atomic mass is 10.0. The third kappa shape index (κ3) is 0.807. The summed E-state index contributed by atoms with van der Waals surface area (Å²) in [6, 6.07) is 0.103. The van der Waals surface area contributed by atoms with E-state index in [0.717, 1.165) is 6.42 Å². The molecule has 0 saturated carbocycles. The number of carboxylic acids is 1. The molecule has 0 radical (unpaired) electrons. The molecule has 2 aliphatic rings. The molecule has 1 heterocycles. The van der Waals surface area contributed by atoms with E-state index in [1.807, 2.05) is 18.0 Å². The highest BCUT2D eigenvalue weighted by molar-refractivity contribution is 5.75. The largest absolute Gasteiger partial charge is 0.480 e. The van der Waals surface area contributed by atoms with Crippen molar-refractivity contribution in [3.8, 4) is 0 Å². The number of rotatable bonds is 1. The van der Waals surface area contributed by atoms with Gasteiger partial charge in [0.1, 0.15) is 6.04 Å². The van der Waals surface area contributed by atoms with E-state index in [1.54, 1.807) is 0 Å². The van der Waals surface area contributed by atoms with E-state index in [0.29, 0.717) is 6.04 Å². The average molecular weight is 153 g/mol. The molecular weight excluding hydrogens is 142 g/mol. The maximum atomic E-state index is 10.7. The molecule has 1 fully saturated rings. The number of carboxylic acid groups (broad SMARTS) is 1. The van der Waals surface area contributed by atoms with Gasteiger partial charge < -0.3 is 5.11 Å². The van der Waals surface area contributed by atoms with Crippen LogP contribution in [0.15, 0.2) is 12.2 Å². The third-order valence-corrected chi connectivity index (χ3v) is 2.71. The Kier molecular flexibility index (Phi) is 1.29. The molecule has 1 saturated heterocycles. The number of nitrogens with zero attached hydrogens (tertiary/aromatic N) is 1. The molecule has 1 N–H and O–H groups in total. The minimum absolute atomic E-state index is 0.252. The maximum absolute atomic E-state index is 10.7. The van der Waals surface area contributed by atoms with Crippen LogP contribution in [0.2, 0.25) is 0 Å². The first-order valence-electron chi connectivity index (χ1n) is 3.83. The van der Waals surface area contributed by atoms with Crippen LogP contribution < -0.4 is 0 Å². The van der Waals surface area contributed by atoms with E-state index in [-0.39, 0.29) is 12.0 Å². The predicted molar refractivity (Wildman–Crippen MR) is 40.2 cm³/mol. The molecule has 0 aromatic rings. The molecule has 0 spiro atoms. The highest BCUT2D eigenvalue weighted by atomic mass is 16.4. The van der Waals surface area contributed by atoms with Gasteiger partial charge in [-0.2, -0.15) is 0 Å². The van der Waals surface area contributed by atoms with Crippen molar-refractivity contribution in [2.24, 2.45) is 5.92 Å². The lowest BCUT2D eigenvalue weighted by molar-refractivity contribution is -0.142. The lowest BCUT2D eigenvalue weighted by Gasteiger charge is -2.24. The van der Waals surface area contributed by atoms with E-state index >= 15 is 0 Å². The molecule has 60 valence electrons. The minimum atomic E-state index is -0.690. The fraction of sp³-hybridized carbons (Fsp3) is 0.625. The van der Waals surface area contributed by atoms with Crippen molar-refractivity contribution in [3.63, 3.8) is 0 Å². The highest BCUT2D eigenvalue weighted by Crippen LogP contribution is 2.35. The van der Waals surface area contributed by atoms with Crippen LogP contribution in [0.25, 0.3) is 0 Å². The third-order valence-electron chi connectivity index (χ3n) is 2.71. The van der Waals surface area contributed by atoms with Gasteiger partial charge in [0.15, 0.2) is 0 Å². The molecule has 2 bridgehead atoms. The molecule has 3 atom stereocenters. The van der Waals surface area contributed by atoms with Crippen molar-refractivity contribution in [1.82, 2.24) is 4.90 Å². The molecule has 1 aliphatic carbocycles. The number of likely N-dealkylation sites (N-methyl/N-ethyl adjacent to an activating group) is 1. The summed E-state index contributed by atoms with van der Waals surface area (Å²) in [5, 5.41) is 8.83. The molecule has 0 aromatic carbocycles. The summed E-state index contributed by atoms with van der Waals surface area (Å²) in [6.45, 7) is 0. The molecule has 3 heteroatoms. The molecule has 1 aliphatic heterocycles. The van der Waals surface area contributed by atoms with Crippen LogP contribution in [0.1, 0.15) is 6.42 Å². The van der Waals surface area contributed by atoms with Crippen LogP contribution in [0.5, 0.6) is 0 Å². The fourth-order valence-corrected chi connectivity index (χ4v) is 2.11. The Hall–Kier alpha value is -0.830. The predicted octanol–water partition coefficient (Wildman–Crippen LogP) is 0.330. The summed E-state index contributed by atoms with van der Waals surface area (Å²) < 4.78 is 0. The zero-order chi connectivity index (χ0) is 8.01. The molecular formula is C8H11NO2. The molecule has 3 unspecified atom stereocenters. The van der Waals surface area contributed by atoms with Crippen LogP contribution in [-0.4, -0.2) is 35.1 Å². The Balaban J connectivity index is 2.25. The standard InChI is InChI=1S/C8H11NO2/c1-9-6-3-2-5(4-6)7(9)8(10)11/h2-3,5-7H,4H2,1H3,(H,10,11). The summed E-state index contributed by atoms with van der Waals surface area (Å²) in [4.78, 5) is 12.7. The van der Waals surface area contributed by atoms with Crippen molar-refractivity contribution in [1.29, 1.82) is 0 Å². The first-order chi connectivity index (χ1) is 5.20. The second-order valence-corrected chi connectivity index (χ2v) is 3.30. The van der Waals surface area contributed by atoms with E-state index < -0.39 is 5.97 Å². The van der Waals surface area contributed by atoms with Crippen LogP contribution in [0.4, 0.5) is 0 Å². The normalized spacial score (nSPS) is 41.7. The SMILES string of the molecule is CN1C2C=CC(C2)C1C(=O)O. The van der Waals surface area contributed by atoms with Gasteiger partial charge in [0.2, 0.25) is 0 Å². The van der Waals surface area contributed by atoms with Crippen LogP contribution >= 0.6 is 0 Å². The minimum Gasteiger partial charge on any atom is -0.480 e. The number of likely N-dealkylation sites (tertiary alicyclic amines) is 1. The smallest absolute Gasteiger partial charge is 0.321 e. The average Bonchev–Trinajstić information content (AvgIpc) is 2.44. The second-order valence-electron chi connectivity index (χ2n) is 3.30. The highest BCUT2D eigenvalue weighted by Gasteiger charge is 2.44. The number of hydrogen-bond donors (Lipinski definition) is 1. The zero-order valence-corrected chi connectivity index (χ0v) is 6.40. The molecule has 2 rings (SSSR count). The van der Waals surface area contributed by atoms with Gasteiger partial charge >= 0.3 is 5.97 Å². The van der Waals surface area contributed by atoms with Gasteiger partial charge in [-0.25, -0.2) is 0 Å². The monoisotopic (exact) mass is 153 g/mol. The van der Waals surface area contributed by atoms with Gasteiger partial charge in [0.25, 0.3) is 0 Å². The van der Waals surface area contributed by atoms with Gasteiger partial charge in [-0.05, 0) is 13.5 Å². The summed E-state index contributed by atoms with van der Waals surface area (Å²) in [5.74, 6) is -0.438. The second kappa shape index (κ2) is 2.08. The maximum Gasteiger partial charge on any atom is 0.321 e. The summed E-state index contributed by atoms with van der Waals surface area (Å²) in [5.41, 5.74) is 0. The lowest BCUT2D eigenvalue weighted by Crippen LogP contribution is -2.41. The fourth-order valence-electron chi connectivity index (χ4n) is 2.11. The van der Waals surface area contributed by atoms with E-state index in [2.05, 4.69) is 6.08 Å². The van der Waals surface area contributed by atoms with Crippen molar-refractivity contribution in [2.75, 3.05) is 7.05 Å². The van der Waals surface area contributed by atoms with Crippen molar-refractivity contribution in [2.45, 2.75) is 18.5 Å². The Bertz CT molecular complexity index is 224. The van der Waals surface area contributed by atoms with E-state index in [1.165, 1.54) is 0 Å². The molecule has 0 aromatic heterocycles. The van der Waals surface area contributed by atoms with Gasteiger partial charge in [0, 0.05) is 12.0 Å². The number of hydrogen-bond acceptors (Lipinski definition) is 2. The van der Waals surface area contributed by atoms with Gasteiger partial charge in [-0.15, -0.1) is 0 Å². The first-order valence-corrected chi connectivity index (χ1v) is 3.83. The first kappa shape index (κ1) is 6.85. The van der Waals surface area contributed by atoms with Crippen molar-refractivity contribution >= 4 is 5.97 Å². The Morgan fingerprint density at radius 1 is 1.64 bits per heavy atom. The number of carbonyl (C=O) groups is 1. The van der Waals surface area contributed by atoms with E-state index in [4.69, 9.17) is 5.11 Å². The number of fused-ring (bicyclic) bond motifs is 2. The van der Waals surface area contributed by atoms with Gasteiger partial charge in [-0.1, -0.05) is 12.2 Å². The topological polar surface area (TPSA) is 40.5 Å². The molecule has 11 heavy (non-hydrogen) atoms. The van der Waals surface area contributed by atoms with Crippen molar-refractivity contribution < 1.29 is 9.90 Å². The Morgan fingerprint density at radius 3 is 2.73 bits per heavy atom. The summed E-state index contributed by atoms with van der Waals surface area (Å²) in [6.07, 6.45) is 5.13. The molecule has 0 amide bonds. The van der Waals surface area contributed by atoms with E-state index in [9.17, 15) is 4.79 Å². The van der Waals surface area contributed by atoms with Crippen LogP contribution in [-0.2, 0) is 4.79 Å². The van der Waals surface area contributed by atoms with Gasteiger partial charge in [-0.3, -0.25) is 9.69 Å². The van der Waals surface area contributed by atoms with Crippen LogP contribution in [0.3, 0.4) is 0 Å². The Labute approximate surface area is 65.3 Å². The van der Waals surface area contributed by atoms with Gasteiger partial charge in [0.05, 0.1) is 0 Å². The molecule has 3 nitrogen and oxygen atoms in total. The number of aliphatic carboxylic acids is 1. The Morgan fingerprint density at radius 2 is 2.36 bits per heavy atom. The van der Waals surface area contributed by atoms with Crippen molar-refractivity contribution in [3.05, 3.63) is 12.2 Å². The summed E-state index contributed by atoms with van der Waals surface area (Å²) in [7, 11) is 1.88. The van der Waals surface area contributed by atoms with Crippen LogP contribution in [0, 0.1) is 5.92 Å². The summed E-state index contributed by atoms with van der Waals surface area (Å²) >= 11 is 0.